The molecule has 5 rings (SSSR count). The molecule has 4 atom stereocenters. The summed E-state index contributed by atoms with van der Waals surface area (Å²) in [6, 6.07) is 1.51. The number of aromatic nitrogens is 4. The van der Waals surface area contributed by atoms with Crippen LogP contribution in [0.25, 0.3) is 22.4 Å². The standard InChI is InChI=1S/C25H28F2N6O4/c1-31-12-14(9-30-31)16-8-22(37-13-36-3)17(7-18(16)26)19-10-29-23(11-28-19)32(2)21-6-15-4-5-20(24(21)27)33(15)25(34)35/h7-12,15,20-21,24H,4-6,13H2,1-3H3,(H,34,35)/t15-,20+,21-,24+/m0/s1. The first-order chi connectivity index (χ1) is 17.8. The first kappa shape index (κ1) is 24.9. The molecule has 2 aromatic heterocycles. The Morgan fingerprint density at radius 3 is 2.68 bits per heavy atom. The molecule has 1 aromatic carbocycles. The third kappa shape index (κ3) is 4.57. The number of alkyl halides is 1. The molecule has 1 N–H and O–H groups in total. The fourth-order valence-electron chi connectivity index (χ4n) is 5.38. The highest BCUT2D eigenvalue weighted by atomic mass is 19.1. The average molecular weight is 515 g/mol. The van der Waals surface area contributed by atoms with Gasteiger partial charge in [-0.1, -0.05) is 0 Å². The van der Waals surface area contributed by atoms with E-state index in [0.717, 1.165) is 0 Å². The number of methoxy groups -OCH3 is 1. The van der Waals surface area contributed by atoms with Gasteiger partial charge in [-0.2, -0.15) is 5.10 Å². The number of ether oxygens (including phenoxy) is 2. The molecule has 3 aromatic rings. The Labute approximate surface area is 212 Å². The van der Waals surface area contributed by atoms with Crippen LogP contribution in [0.2, 0.25) is 0 Å². The lowest BCUT2D eigenvalue weighted by Crippen LogP contribution is -2.58. The van der Waals surface area contributed by atoms with E-state index in [2.05, 4.69) is 15.1 Å². The lowest BCUT2D eigenvalue weighted by molar-refractivity contribution is 0.0489. The van der Waals surface area contributed by atoms with Crippen LogP contribution in [-0.4, -0.2) is 81.1 Å². The summed E-state index contributed by atoms with van der Waals surface area (Å²) >= 11 is 0. The van der Waals surface area contributed by atoms with E-state index in [-0.39, 0.29) is 12.8 Å². The molecule has 0 aliphatic carbocycles. The zero-order valence-electron chi connectivity index (χ0n) is 20.7. The molecular formula is C25H28F2N6O4. The molecule has 2 aliphatic heterocycles. The van der Waals surface area contributed by atoms with Crippen molar-refractivity contribution in [3.63, 3.8) is 0 Å². The summed E-state index contributed by atoms with van der Waals surface area (Å²) in [5.41, 5.74) is 1.68. The SMILES string of the molecule is COCOc1cc(-c2cnn(C)c2)c(F)cc1-c1cnc(N(C)[C@H]2C[C@@H]3CC[C@H]([C@H]2F)N3C(=O)O)cn1. The van der Waals surface area contributed by atoms with Gasteiger partial charge in [0.05, 0.1) is 36.4 Å². The van der Waals surface area contributed by atoms with E-state index < -0.39 is 30.2 Å². The summed E-state index contributed by atoms with van der Waals surface area (Å²) in [6.45, 7) is -0.0470. The van der Waals surface area contributed by atoms with Gasteiger partial charge in [0.2, 0.25) is 0 Å². The summed E-state index contributed by atoms with van der Waals surface area (Å²) in [7, 11) is 4.96. The van der Waals surface area contributed by atoms with Crippen LogP contribution in [-0.2, 0) is 11.8 Å². The highest BCUT2D eigenvalue weighted by molar-refractivity contribution is 5.75. The second-order valence-electron chi connectivity index (χ2n) is 9.39. The Bertz CT molecular complexity index is 1290. The van der Waals surface area contributed by atoms with Gasteiger partial charge >= 0.3 is 6.09 Å². The van der Waals surface area contributed by atoms with Gasteiger partial charge in [0.25, 0.3) is 0 Å². The Hall–Kier alpha value is -3.80. The number of rotatable bonds is 7. The number of nitrogens with zero attached hydrogens (tertiary/aromatic N) is 6. The van der Waals surface area contributed by atoms with Crippen LogP contribution < -0.4 is 9.64 Å². The molecule has 1 amide bonds. The Kier molecular flexibility index (Phi) is 6.67. The Balaban J connectivity index is 1.41. The third-order valence-corrected chi connectivity index (χ3v) is 7.21. The lowest BCUT2D eigenvalue weighted by atomic mass is 9.94. The number of aryl methyl sites for hydroxylation is 1. The second-order valence-corrected chi connectivity index (χ2v) is 9.39. The van der Waals surface area contributed by atoms with E-state index in [1.54, 1.807) is 42.1 Å². The first-order valence-corrected chi connectivity index (χ1v) is 11.9. The van der Waals surface area contributed by atoms with E-state index in [1.165, 1.54) is 30.5 Å². The highest BCUT2D eigenvalue weighted by Gasteiger charge is 2.51. The van der Waals surface area contributed by atoms with Gasteiger partial charge in [0.1, 0.15) is 23.6 Å². The fraction of sp³-hybridized carbons (Fsp3) is 0.440. The predicted octanol–water partition coefficient (Wildman–Crippen LogP) is 3.72. The summed E-state index contributed by atoms with van der Waals surface area (Å²) in [5.74, 6) is 0.321. The van der Waals surface area contributed by atoms with E-state index in [1.807, 2.05) is 0 Å². The van der Waals surface area contributed by atoms with Gasteiger partial charge in [-0.05, 0) is 31.4 Å². The van der Waals surface area contributed by atoms with Crippen molar-refractivity contribution in [2.75, 3.05) is 25.9 Å². The number of amides is 1. The number of hydrogen-bond donors (Lipinski definition) is 1. The number of piperidine rings is 1. The van der Waals surface area contributed by atoms with E-state index in [9.17, 15) is 9.90 Å². The molecule has 2 fully saturated rings. The number of halogens is 2. The second kappa shape index (κ2) is 9.92. The smallest absolute Gasteiger partial charge is 0.407 e. The number of fused-ring (bicyclic) bond motifs is 2. The number of anilines is 1. The largest absolute Gasteiger partial charge is 0.467 e. The summed E-state index contributed by atoms with van der Waals surface area (Å²) in [5, 5.41) is 13.6. The zero-order valence-corrected chi connectivity index (χ0v) is 20.7. The maximum absolute atomic E-state index is 15.4. The van der Waals surface area contributed by atoms with E-state index in [0.29, 0.717) is 53.2 Å². The predicted molar refractivity (Wildman–Crippen MR) is 131 cm³/mol. The summed E-state index contributed by atoms with van der Waals surface area (Å²) in [4.78, 5) is 23.5. The van der Waals surface area contributed by atoms with Crippen LogP contribution in [0, 0.1) is 5.82 Å². The van der Waals surface area contributed by atoms with Crippen molar-refractivity contribution in [1.82, 2.24) is 24.6 Å². The maximum Gasteiger partial charge on any atom is 0.407 e. The van der Waals surface area contributed by atoms with Gasteiger partial charge in [-0.15, -0.1) is 0 Å². The molecule has 4 heterocycles. The Morgan fingerprint density at radius 1 is 1.22 bits per heavy atom. The third-order valence-electron chi connectivity index (χ3n) is 7.21. The van der Waals surface area contributed by atoms with Crippen LogP contribution in [0.1, 0.15) is 19.3 Å². The maximum atomic E-state index is 15.4. The van der Waals surface area contributed by atoms with Crippen molar-refractivity contribution >= 4 is 11.9 Å². The molecule has 0 spiro atoms. The molecule has 2 aliphatic rings. The average Bonchev–Trinajstić information content (AvgIpc) is 3.48. The van der Waals surface area contributed by atoms with Crippen LogP contribution in [0.15, 0.2) is 36.9 Å². The molecule has 2 saturated heterocycles. The van der Waals surface area contributed by atoms with Gasteiger partial charge in [-0.25, -0.2) is 18.6 Å². The molecule has 196 valence electrons. The number of carboxylic acid groups (broad SMARTS) is 1. The molecule has 12 heteroatoms. The highest BCUT2D eigenvalue weighted by Crippen LogP contribution is 2.40. The van der Waals surface area contributed by atoms with Gasteiger partial charge in [0, 0.05) is 50.1 Å². The molecule has 0 saturated carbocycles. The molecule has 0 radical (unpaired) electrons. The van der Waals surface area contributed by atoms with Crippen molar-refractivity contribution in [3.8, 4) is 28.1 Å². The topological polar surface area (TPSA) is 106 Å². The summed E-state index contributed by atoms with van der Waals surface area (Å²) < 4.78 is 42.8. The molecule has 0 unspecified atom stereocenters. The van der Waals surface area contributed by atoms with Gasteiger partial charge in [0.15, 0.2) is 6.79 Å². The quantitative estimate of drug-likeness (QED) is 0.476. The van der Waals surface area contributed by atoms with Crippen LogP contribution in [0.4, 0.5) is 19.4 Å². The van der Waals surface area contributed by atoms with Crippen LogP contribution in [0.3, 0.4) is 0 Å². The summed E-state index contributed by atoms with van der Waals surface area (Å²) in [6.07, 6.45) is 5.37. The molecule has 2 bridgehead atoms. The monoisotopic (exact) mass is 514 g/mol. The van der Waals surface area contributed by atoms with Gasteiger partial charge < -0.3 is 19.5 Å². The van der Waals surface area contributed by atoms with Crippen molar-refractivity contribution in [3.05, 3.63) is 42.7 Å². The lowest BCUT2D eigenvalue weighted by Gasteiger charge is -2.43. The van der Waals surface area contributed by atoms with Crippen molar-refractivity contribution in [2.45, 2.75) is 43.6 Å². The minimum absolute atomic E-state index is 0.0470. The first-order valence-electron chi connectivity index (χ1n) is 11.9. The van der Waals surface area contributed by atoms with Crippen molar-refractivity contribution in [1.29, 1.82) is 0 Å². The van der Waals surface area contributed by atoms with E-state index in [4.69, 9.17) is 9.47 Å². The number of hydrogen-bond acceptors (Lipinski definition) is 7. The van der Waals surface area contributed by atoms with Crippen molar-refractivity contribution in [2.24, 2.45) is 7.05 Å². The zero-order chi connectivity index (χ0) is 26.3. The Morgan fingerprint density at radius 2 is 2.03 bits per heavy atom. The minimum atomic E-state index is -1.34. The fourth-order valence-corrected chi connectivity index (χ4v) is 5.38. The van der Waals surface area contributed by atoms with Crippen molar-refractivity contribution < 1.29 is 28.2 Å². The molecule has 10 nitrogen and oxygen atoms in total. The van der Waals surface area contributed by atoms with Gasteiger partial charge in [-0.3, -0.25) is 14.6 Å². The van der Waals surface area contributed by atoms with Crippen LogP contribution in [0.5, 0.6) is 5.75 Å². The number of benzene rings is 1. The van der Waals surface area contributed by atoms with Crippen LogP contribution >= 0.6 is 0 Å². The normalized spacial score (nSPS) is 22.8. The molecular weight excluding hydrogens is 486 g/mol. The number of carbonyl (C=O) groups is 1. The minimum Gasteiger partial charge on any atom is -0.467 e. The van der Waals surface area contributed by atoms with E-state index >= 15 is 8.78 Å². The molecule has 37 heavy (non-hydrogen) atoms.